The first-order valence-electron chi connectivity index (χ1n) is 4.99. The molecular weight excluding hydrogens is 289 g/mol. The Balaban J connectivity index is 2.34. The number of nitrogens with two attached hydrogens (primary N) is 1. The van der Waals surface area contributed by atoms with E-state index in [1.165, 1.54) is 11.8 Å². The first kappa shape index (κ1) is 13.2. The highest BCUT2D eigenvalue weighted by Gasteiger charge is 2.08. The second-order valence-electron chi connectivity index (χ2n) is 3.46. The summed E-state index contributed by atoms with van der Waals surface area (Å²) in [4.78, 5) is 5.76. The molecule has 0 spiro atoms. The molecule has 0 atom stereocenters. The average molecular weight is 298 g/mol. The molecule has 0 saturated carbocycles. The van der Waals surface area contributed by atoms with Crippen LogP contribution in [0.1, 0.15) is 5.56 Å². The van der Waals surface area contributed by atoms with Gasteiger partial charge in [-0.05, 0) is 24.3 Å². The van der Waals surface area contributed by atoms with Gasteiger partial charge in [0.2, 0.25) is 0 Å². The van der Waals surface area contributed by atoms with Gasteiger partial charge in [0.05, 0.1) is 10.0 Å². The van der Waals surface area contributed by atoms with Gasteiger partial charge in [-0.2, -0.15) is 0 Å². The maximum Gasteiger partial charge on any atom is 0.124 e. The molecule has 2 rings (SSSR count). The third-order valence-electron chi connectivity index (χ3n) is 2.19. The van der Waals surface area contributed by atoms with Crippen molar-refractivity contribution < 1.29 is 0 Å². The van der Waals surface area contributed by atoms with E-state index in [1.54, 1.807) is 30.6 Å². The molecule has 2 aromatic rings. The monoisotopic (exact) mass is 297 g/mol. The second-order valence-corrected chi connectivity index (χ2v) is 5.39. The summed E-state index contributed by atoms with van der Waals surface area (Å²) in [5, 5.41) is 8.52. The fourth-order valence-electron chi connectivity index (χ4n) is 1.35. The fourth-order valence-corrected chi connectivity index (χ4v) is 2.68. The summed E-state index contributed by atoms with van der Waals surface area (Å²) < 4.78 is 0. The van der Waals surface area contributed by atoms with Crippen molar-refractivity contribution in [2.45, 2.75) is 9.79 Å². The van der Waals surface area contributed by atoms with Gasteiger partial charge in [0.1, 0.15) is 5.84 Å². The predicted molar refractivity (Wildman–Crippen MR) is 75.8 cm³/mol. The lowest BCUT2D eigenvalue weighted by Crippen LogP contribution is -2.12. The summed E-state index contributed by atoms with van der Waals surface area (Å²) in [6.45, 7) is 0. The zero-order chi connectivity index (χ0) is 13.1. The van der Waals surface area contributed by atoms with E-state index in [1.807, 2.05) is 6.07 Å². The number of nitrogens with zero attached hydrogens (tertiary/aromatic N) is 1. The van der Waals surface area contributed by atoms with Gasteiger partial charge in [0.25, 0.3) is 0 Å². The van der Waals surface area contributed by atoms with E-state index in [0.29, 0.717) is 15.6 Å². The van der Waals surface area contributed by atoms with Crippen molar-refractivity contribution in [1.82, 2.24) is 4.98 Å². The lowest BCUT2D eigenvalue weighted by Gasteiger charge is -2.07. The van der Waals surface area contributed by atoms with Gasteiger partial charge in [0.15, 0.2) is 0 Å². The number of hydrogen-bond acceptors (Lipinski definition) is 3. The number of benzene rings is 1. The first-order chi connectivity index (χ1) is 8.58. The maximum atomic E-state index is 7.51. The predicted octanol–water partition coefficient (Wildman–Crippen LogP) is 3.82. The molecule has 0 aliphatic heterocycles. The number of amidine groups is 1. The van der Waals surface area contributed by atoms with Crippen LogP contribution >= 0.6 is 35.0 Å². The molecule has 0 amide bonds. The van der Waals surface area contributed by atoms with Crippen molar-refractivity contribution in [3.05, 3.63) is 52.3 Å². The smallest absolute Gasteiger partial charge is 0.124 e. The summed E-state index contributed by atoms with van der Waals surface area (Å²) in [5.41, 5.74) is 6.17. The van der Waals surface area contributed by atoms with E-state index < -0.39 is 0 Å². The van der Waals surface area contributed by atoms with E-state index in [9.17, 15) is 0 Å². The minimum absolute atomic E-state index is 0.0139. The van der Waals surface area contributed by atoms with E-state index in [-0.39, 0.29) is 5.84 Å². The molecule has 6 heteroatoms. The van der Waals surface area contributed by atoms with Crippen LogP contribution in [0.5, 0.6) is 0 Å². The van der Waals surface area contributed by atoms with Crippen LogP contribution in [0.3, 0.4) is 0 Å². The summed E-state index contributed by atoms with van der Waals surface area (Å²) in [7, 11) is 0. The zero-order valence-corrected chi connectivity index (χ0v) is 11.5. The summed E-state index contributed by atoms with van der Waals surface area (Å²) in [6, 6.07) is 7.07. The van der Waals surface area contributed by atoms with Crippen molar-refractivity contribution in [1.29, 1.82) is 5.41 Å². The molecule has 3 nitrogen and oxygen atoms in total. The Morgan fingerprint density at radius 2 is 2.00 bits per heavy atom. The van der Waals surface area contributed by atoms with Gasteiger partial charge >= 0.3 is 0 Å². The molecule has 3 N–H and O–H groups in total. The SMILES string of the molecule is N=C(N)c1ccncc1Sc1ccc(Cl)c(Cl)c1. The molecule has 0 bridgehead atoms. The first-order valence-corrected chi connectivity index (χ1v) is 6.56. The van der Waals surface area contributed by atoms with Crippen LogP contribution in [0.15, 0.2) is 46.5 Å². The standard InChI is InChI=1S/C12H9Cl2N3S/c13-9-2-1-7(5-10(9)14)18-11-6-17-4-3-8(11)12(15)16/h1-6H,(H3,15,16). The van der Waals surface area contributed by atoms with Gasteiger partial charge in [-0.3, -0.25) is 10.4 Å². The quantitative estimate of drug-likeness (QED) is 0.668. The van der Waals surface area contributed by atoms with Crippen molar-refractivity contribution in [3.8, 4) is 0 Å². The van der Waals surface area contributed by atoms with Crippen LogP contribution in [0.4, 0.5) is 0 Å². The van der Waals surface area contributed by atoms with E-state index in [4.69, 9.17) is 34.3 Å². The molecule has 92 valence electrons. The summed E-state index contributed by atoms with van der Waals surface area (Å²) in [5.74, 6) is 0.0139. The molecule has 0 fully saturated rings. The van der Waals surface area contributed by atoms with Crippen molar-refractivity contribution in [3.63, 3.8) is 0 Å². The average Bonchev–Trinajstić information content (AvgIpc) is 2.34. The largest absolute Gasteiger partial charge is 0.384 e. The Morgan fingerprint density at radius 1 is 1.22 bits per heavy atom. The molecule has 0 saturated heterocycles. The highest BCUT2D eigenvalue weighted by atomic mass is 35.5. The Morgan fingerprint density at radius 3 is 2.67 bits per heavy atom. The molecular formula is C12H9Cl2N3S. The molecule has 0 unspecified atom stereocenters. The molecule has 1 heterocycles. The fraction of sp³-hybridized carbons (Fsp3) is 0. The zero-order valence-electron chi connectivity index (χ0n) is 9.15. The highest BCUT2D eigenvalue weighted by Crippen LogP contribution is 2.33. The summed E-state index contributed by atoms with van der Waals surface area (Å²) >= 11 is 13.3. The maximum absolute atomic E-state index is 7.51. The number of aromatic nitrogens is 1. The van der Waals surface area contributed by atoms with E-state index in [0.717, 1.165) is 9.79 Å². The number of nitrogen functional groups attached to an aromatic ring is 1. The van der Waals surface area contributed by atoms with E-state index in [2.05, 4.69) is 4.98 Å². The number of halogens is 2. The molecule has 0 aliphatic rings. The lowest BCUT2D eigenvalue weighted by molar-refractivity contribution is 1.21. The third kappa shape index (κ3) is 2.96. The van der Waals surface area contributed by atoms with Gasteiger partial charge in [-0.1, -0.05) is 35.0 Å². The molecule has 1 aromatic carbocycles. The minimum Gasteiger partial charge on any atom is -0.384 e. The van der Waals surface area contributed by atoms with Gasteiger partial charge in [-0.15, -0.1) is 0 Å². The second kappa shape index (κ2) is 5.61. The number of hydrogen-bond donors (Lipinski definition) is 2. The van der Waals surface area contributed by atoms with Crippen LogP contribution < -0.4 is 5.73 Å². The topological polar surface area (TPSA) is 62.8 Å². The lowest BCUT2D eigenvalue weighted by atomic mass is 10.2. The molecule has 0 radical (unpaired) electrons. The number of rotatable bonds is 3. The Kier molecular flexibility index (Phi) is 4.11. The van der Waals surface area contributed by atoms with Crippen molar-refractivity contribution >= 4 is 40.8 Å². The Labute approximate surface area is 119 Å². The number of nitrogens with one attached hydrogen (secondary N) is 1. The Bertz CT molecular complexity index is 602. The highest BCUT2D eigenvalue weighted by molar-refractivity contribution is 7.99. The van der Waals surface area contributed by atoms with Crippen LogP contribution in [0.25, 0.3) is 0 Å². The molecule has 18 heavy (non-hydrogen) atoms. The van der Waals surface area contributed by atoms with Gasteiger partial charge in [-0.25, -0.2) is 0 Å². The van der Waals surface area contributed by atoms with Crippen molar-refractivity contribution in [2.24, 2.45) is 5.73 Å². The van der Waals surface area contributed by atoms with Crippen LogP contribution in [-0.4, -0.2) is 10.8 Å². The van der Waals surface area contributed by atoms with E-state index >= 15 is 0 Å². The van der Waals surface area contributed by atoms with Crippen LogP contribution in [0.2, 0.25) is 10.0 Å². The molecule has 1 aromatic heterocycles. The number of pyridine rings is 1. The van der Waals surface area contributed by atoms with Crippen LogP contribution in [0, 0.1) is 5.41 Å². The minimum atomic E-state index is 0.0139. The van der Waals surface area contributed by atoms with Gasteiger partial charge < -0.3 is 5.73 Å². The van der Waals surface area contributed by atoms with Crippen LogP contribution in [-0.2, 0) is 0 Å². The van der Waals surface area contributed by atoms with Gasteiger partial charge in [0, 0.05) is 27.7 Å². The Hall–Kier alpha value is -1.23. The summed E-state index contributed by atoms with van der Waals surface area (Å²) in [6.07, 6.45) is 3.28. The van der Waals surface area contributed by atoms with Crippen molar-refractivity contribution in [2.75, 3.05) is 0 Å². The third-order valence-corrected chi connectivity index (χ3v) is 3.97. The molecule has 0 aliphatic carbocycles. The normalized spacial score (nSPS) is 10.3.